The van der Waals surface area contributed by atoms with Crippen LogP contribution in [-0.2, 0) is 26.1 Å². The number of amides is 1. The number of ether oxygens (including phenoxy) is 1. The number of oxazole rings is 1. The molecule has 1 fully saturated rings. The monoisotopic (exact) mass is 536 g/mol. The van der Waals surface area contributed by atoms with Gasteiger partial charge in [0.25, 0.3) is 15.9 Å². The zero-order chi connectivity index (χ0) is 26.9. The minimum absolute atomic E-state index is 0.0617. The van der Waals surface area contributed by atoms with Gasteiger partial charge in [0, 0.05) is 36.9 Å². The molecule has 2 aromatic heterocycles. The van der Waals surface area contributed by atoms with Gasteiger partial charge < -0.3 is 18.6 Å². The summed E-state index contributed by atoms with van der Waals surface area (Å²) >= 11 is 0. The van der Waals surface area contributed by atoms with Gasteiger partial charge in [-0.15, -0.1) is 0 Å². The van der Waals surface area contributed by atoms with Crippen LogP contribution in [0.1, 0.15) is 29.7 Å². The second-order valence-electron chi connectivity index (χ2n) is 9.23. The van der Waals surface area contributed by atoms with Gasteiger partial charge in [-0.1, -0.05) is 29.4 Å². The van der Waals surface area contributed by atoms with E-state index in [1.807, 2.05) is 18.2 Å². The molecule has 10 nitrogen and oxygen atoms in total. The first-order valence-electron chi connectivity index (χ1n) is 12.2. The van der Waals surface area contributed by atoms with E-state index in [0.29, 0.717) is 46.9 Å². The van der Waals surface area contributed by atoms with Gasteiger partial charge >= 0.3 is 0 Å². The minimum atomic E-state index is -4.04. The summed E-state index contributed by atoms with van der Waals surface area (Å²) in [7, 11) is -2.33. The highest BCUT2D eigenvalue weighted by atomic mass is 32.2. The molecule has 1 atom stereocenters. The summed E-state index contributed by atoms with van der Waals surface area (Å²) in [5.41, 5.74) is 3.76. The van der Waals surface area contributed by atoms with Crippen LogP contribution in [0.5, 0.6) is 0 Å². The minimum Gasteiger partial charge on any atom is -0.445 e. The summed E-state index contributed by atoms with van der Waals surface area (Å²) < 4.78 is 45.8. The topological polar surface area (TPSA) is 128 Å². The predicted molar refractivity (Wildman–Crippen MR) is 140 cm³/mol. The zero-order valence-corrected chi connectivity index (χ0v) is 22.1. The van der Waals surface area contributed by atoms with Crippen molar-refractivity contribution in [2.24, 2.45) is 0 Å². The summed E-state index contributed by atoms with van der Waals surface area (Å²) in [5.74, 6) is 0.372. The molecule has 3 heterocycles. The van der Waals surface area contributed by atoms with Crippen molar-refractivity contribution in [3.8, 4) is 22.6 Å². The molecule has 1 aliphatic rings. The largest absolute Gasteiger partial charge is 0.445 e. The molecule has 4 aromatic rings. The second kappa shape index (κ2) is 10.4. The van der Waals surface area contributed by atoms with Crippen LogP contribution in [0.2, 0.25) is 0 Å². The lowest BCUT2D eigenvalue weighted by Crippen LogP contribution is -2.35. The van der Waals surface area contributed by atoms with Crippen molar-refractivity contribution in [2.45, 2.75) is 44.2 Å². The van der Waals surface area contributed by atoms with Gasteiger partial charge in [0.1, 0.15) is 12.4 Å². The first-order chi connectivity index (χ1) is 18.2. The fourth-order valence-electron chi connectivity index (χ4n) is 4.45. The fraction of sp³-hybridized carbons (Fsp3) is 0.296. The molecule has 0 radical (unpaired) electrons. The summed E-state index contributed by atoms with van der Waals surface area (Å²) in [5, 5.41) is 3.84. The highest BCUT2D eigenvalue weighted by Crippen LogP contribution is 2.35. The third-order valence-electron chi connectivity index (χ3n) is 6.62. The SMILES string of the molecule is Cc1noc(NS(=O)(=O)c2ccccc2-c2ccc(-c3ncco3)cc2CN(C)C(=O)C2CCCO2)c1C. The number of nitrogens with zero attached hydrogens (tertiary/aromatic N) is 3. The van der Waals surface area contributed by atoms with Crippen molar-refractivity contribution in [1.82, 2.24) is 15.0 Å². The Morgan fingerprint density at radius 1 is 1.16 bits per heavy atom. The fourth-order valence-corrected chi connectivity index (χ4v) is 5.72. The molecule has 0 aliphatic carbocycles. The van der Waals surface area contributed by atoms with Crippen molar-refractivity contribution in [1.29, 1.82) is 0 Å². The van der Waals surface area contributed by atoms with Gasteiger partial charge in [-0.05, 0) is 56.0 Å². The van der Waals surface area contributed by atoms with Gasteiger partial charge in [0.2, 0.25) is 11.8 Å². The average molecular weight is 537 g/mol. The van der Waals surface area contributed by atoms with Crippen LogP contribution in [0.3, 0.4) is 0 Å². The lowest BCUT2D eigenvalue weighted by molar-refractivity contribution is -0.140. The Hall–Kier alpha value is -3.96. The number of carbonyl (C=O) groups is 1. The van der Waals surface area contributed by atoms with Crippen LogP contribution in [-0.4, -0.2) is 49.1 Å². The number of hydrogen-bond donors (Lipinski definition) is 1. The van der Waals surface area contributed by atoms with Crippen LogP contribution in [0, 0.1) is 13.8 Å². The molecule has 1 saturated heterocycles. The molecule has 198 valence electrons. The quantitative estimate of drug-likeness (QED) is 0.347. The van der Waals surface area contributed by atoms with Crippen LogP contribution in [0.4, 0.5) is 5.88 Å². The first-order valence-corrected chi connectivity index (χ1v) is 13.7. The normalized spacial score (nSPS) is 15.5. The number of nitrogens with one attached hydrogen (secondary N) is 1. The number of aromatic nitrogens is 2. The lowest BCUT2D eigenvalue weighted by atomic mass is 9.96. The summed E-state index contributed by atoms with van der Waals surface area (Å²) in [6.07, 6.45) is 4.09. The van der Waals surface area contributed by atoms with Crippen molar-refractivity contribution < 1.29 is 26.9 Å². The van der Waals surface area contributed by atoms with Gasteiger partial charge in [0.15, 0.2) is 0 Å². The third-order valence-corrected chi connectivity index (χ3v) is 8.01. The summed E-state index contributed by atoms with van der Waals surface area (Å²) in [6, 6.07) is 12.2. The first kappa shape index (κ1) is 25.7. The maximum atomic E-state index is 13.5. The Labute approximate surface area is 220 Å². The van der Waals surface area contributed by atoms with Crippen molar-refractivity contribution in [2.75, 3.05) is 18.4 Å². The number of sulfonamides is 1. The maximum absolute atomic E-state index is 13.5. The van der Waals surface area contributed by atoms with Gasteiger partial charge in [-0.25, -0.2) is 18.1 Å². The van der Waals surface area contributed by atoms with Crippen LogP contribution < -0.4 is 4.72 Å². The Bertz CT molecular complexity index is 1560. The molecule has 11 heteroatoms. The Balaban J connectivity index is 1.56. The van der Waals surface area contributed by atoms with Crippen LogP contribution in [0.15, 0.2) is 68.8 Å². The van der Waals surface area contributed by atoms with Crippen molar-refractivity contribution in [3.05, 3.63) is 71.7 Å². The van der Waals surface area contributed by atoms with E-state index < -0.39 is 16.1 Å². The molecule has 1 aliphatic heterocycles. The molecule has 0 saturated carbocycles. The third kappa shape index (κ3) is 5.07. The molecule has 0 spiro atoms. The molecular formula is C27H28N4O6S. The van der Waals surface area contributed by atoms with Crippen molar-refractivity contribution in [3.63, 3.8) is 0 Å². The molecule has 0 bridgehead atoms. The van der Waals surface area contributed by atoms with Crippen LogP contribution >= 0.6 is 0 Å². The molecule has 38 heavy (non-hydrogen) atoms. The zero-order valence-electron chi connectivity index (χ0n) is 21.3. The van der Waals surface area contributed by atoms with E-state index in [-0.39, 0.29) is 23.2 Å². The van der Waals surface area contributed by atoms with E-state index in [9.17, 15) is 13.2 Å². The van der Waals surface area contributed by atoms with E-state index in [0.717, 1.165) is 12.0 Å². The Morgan fingerprint density at radius 3 is 2.66 bits per heavy atom. The Morgan fingerprint density at radius 2 is 1.97 bits per heavy atom. The summed E-state index contributed by atoms with van der Waals surface area (Å²) in [4.78, 5) is 18.9. The van der Waals surface area contributed by atoms with Gasteiger partial charge in [-0.2, -0.15) is 0 Å². The lowest BCUT2D eigenvalue weighted by Gasteiger charge is -2.23. The number of rotatable bonds is 8. The molecule has 1 unspecified atom stereocenters. The highest BCUT2D eigenvalue weighted by Gasteiger charge is 2.28. The van der Waals surface area contributed by atoms with E-state index in [2.05, 4.69) is 14.9 Å². The number of likely N-dealkylation sites (N-methyl/N-ethyl adjacent to an activating group) is 1. The number of carbonyl (C=O) groups excluding carboxylic acids is 1. The highest BCUT2D eigenvalue weighted by molar-refractivity contribution is 7.92. The number of benzene rings is 2. The molecule has 1 amide bonds. The summed E-state index contributed by atoms with van der Waals surface area (Å²) in [6.45, 7) is 4.26. The number of aryl methyl sites for hydroxylation is 1. The van der Waals surface area contributed by atoms with E-state index in [4.69, 9.17) is 13.7 Å². The standard InChI is InChI=1S/C27H28N4O6S/c1-17-18(2)29-37-25(17)30-38(33,34)24-9-5-4-7-22(24)21-11-10-19(26-28-12-14-36-26)15-20(21)16-31(3)27(32)23-8-6-13-35-23/h4-5,7,9-12,14-15,23,30H,6,8,13,16H2,1-3H3. The van der Waals surface area contributed by atoms with Crippen molar-refractivity contribution >= 4 is 21.8 Å². The predicted octanol–water partition coefficient (Wildman–Crippen LogP) is 4.55. The number of hydrogen-bond acceptors (Lipinski definition) is 8. The second-order valence-corrected chi connectivity index (χ2v) is 10.9. The van der Waals surface area contributed by atoms with Crippen LogP contribution in [0.25, 0.3) is 22.6 Å². The average Bonchev–Trinajstić information content (AvgIpc) is 3.69. The maximum Gasteiger partial charge on any atom is 0.264 e. The molecule has 5 rings (SSSR count). The Kier molecular flexibility index (Phi) is 7.04. The molecule has 2 aromatic carbocycles. The van der Waals surface area contributed by atoms with Gasteiger partial charge in [-0.3, -0.25) is 4.79 Å². The number of anilines is 1. The van der Waals surface area contributed by atoms with E-state index in [1.165, 1.54) is 12.3 Å². The van der Waals surface area contributed by atoms with E-state index in [1.54, 1.807) is 50.2 Å². The molecule has 1 N–H and O–H groups in total. The van der Waals surface area contributed by atoms with E-state index >= 15 is 0 Å². The van der Waals surface area contributed by atoms with Gasteiger partial charge in [0.05, 0.1) is 16.8 Å². The smallest absolute Gasteiger partial charge is 0.264 e. The molecular weight excluding hydrogens is 508 g/mol.